The van der Waals surface area contributed by atoms with Gasteiger partial charge in [0.2, 0.25) is 11.8 Å². The summed E-state index contributed by atoms with van der Waals surface area (Å²) in [5, 5.41) is 15.9. The number of carbonyl (C=O) groups is 4. The molecule has 306 valence electrons. The highest BCUT2D eigenvalue weighted by atomic mass is 79.9. The predicted octanol–water partition coefficient (Wildman–Crippen LogP) is 12.5. The molecule has 0 unspecified atom stereocenters. The summed E-state index contributed by atoms with van der Waals surface area (Å²) < 4.78 is 5.18. The predicted molar refractivity (Wildman–Crippen MR) is 243 cm³/mol. The van der Waals surface area contributed by atoms with E-state index in [-0.39, 0.29) is 35.0 Å². The van der Waals surface area contributed by atoms with E-state index in [2.05, 4.69) is 52.7 Å². The molecule has 10 nitrogen and oxygen atoms in total. The maximum absolute atomic E-state index is 13.0. The average Bonchev–Trinajstić information content (AvgIpc) is 3.48. The van der Waals surface area contributed by atoms with Gasteiger partial charge in [-0.05, 0) is 132 Å². The number of hydrogen-bond acceptors (Lipinski definition) is 8. The Hall–Kier alpha value is -3.34. The standard InChI is InChI=1S/C22H20BrCl2N3O2S.C19H14BrCl2N3O2S/c1-12-19(22(30)26-21(29)13-5-3-2-4-6-13)27-28(16-8-7-14(24)11-15(16)25)20(12)17-9-10-18(23)31-17;1-9-16(19(27)23-18(26)10-2-3-10)24-25(13-5-4-11(21)8-12(13)22)17(9)14-6-7-15(20)28-14/h7-11,13H,2-6H2,1H3,(H,26,29,30);4-8,10H,2-3H2,1H3,(H,23,26,27). The van der Waals surface area contributed by atoms with Gasteiger partial charge in [0.15, 0.2) is 11.4 Å². The summed E-state index contributed by atoms with van der Waals surface area (Å²) in [5.74, 6) is -1.64. The largest absolute Gasteiger partial charge is 0.291 e. The Morgan fingerprint density at radius 3 is 1.37 bits per heavy atom. The van der Waals surface area contributed by atoms with Crippen molar-refractivity contribution in [3.05, 3.63) is 111 Å². The molecule has 2 aliphatic rings. The molecule has 2 fully saturated rings. The van der Waals surface area contributed by atoms with Gasteiger partial charge in [-0.3, -0.25) is 29.8 Å². The first kappa shape index (κ1) is 43.7. The van der Waals surface area contributed by atoms with E-state index in [1.807, 2.05) is 38.1 Å². The molecule has 2 aromatic carbocycles. The third-order valence-corrected chi connectivity index (χ3v) is 14.3. The van der Waals surface area contributed by atoms with Crippen LogP contribution in [0.5, 0.6) is 0 Å². The van der Waals surface area contributed by atoms with Crippen LogP contribution in [0.1, 0.15) is 77.0 Å². The Morgan fingerprint density at radius 2 is 1.02 bits per heavy atom. The van der Waals surface area contributed by atoms with Gasteiger partial charge in [0, 0.05) is 33.0 Å². The number of nitrogens with one attached hydrogen (secondary N) is 2. The summed E-state index contributed by atoms with van der Waals surface area (Å²) in [4.78, 5) is 52.2. The lowest BCUT2D eigenvalue weighted by atomic mass is 9.88. The fraction of sp³-hybridized carbons (Fsp3) is 0.268. The van der Waals surface area contributed by atoms with E-state index in [9.17, 15) is 19.2 Å². The quantitative estimate of drug-likeness (QED) is 0.146. The summed E-state index contributed by atoms with van der Waals surface area (Å²) in [6.45, 7) is 3.64. The Balaban J connectivity index is 0.000000180. The number of rotatable bonds is 8. The molecule has 0 spiro atoms. The van der Waals surface area contributed by atoms with Crippen LogP contribution in [0, 0.1) is 25.7 Å². The number of carbonyl (C=O) groups excluding carboxylic acids is 4. The topological polar surface area (TPSA) is 128 Å². The Kier molecular flexibility index (Phi) is 13.9. The molecule has 2 aliphatic carbocycles. The fourth-order valence-corrected chi connectivity index (χ4v) is 10.7. The summed E-state index contributed by atoms with van der Waals surface area (Å²) in [6.07, 6.45) is 6.47. The molecule has 0 aliphatic heterocycles. The van der Waals surface area contributed by atoms with Crippen LogP contribution in [-0.4, -0.2) is 43.2 Å². The van der Waals surface area contributed by atoms with Gasteiger partial charge in [0.1, 0.15) is 0 Å². The molecule has 4 heterocycles. The molecule has 0 bridgehead atoms. The molecule has 6 aromatic rings. The van der Waals surface area contributed by atoms with Crippen molar-refractivity contribution < 1.29 is 19.2 Å². The lowest BCUT2D eigenvalue weighted by Gasteiger charge is -2.19. The first-order chi connectivity index (χ1) is 28.2. The van der Waals surface area contributed by atoms with Crippen LogP contribution in [0.15, 0.2) is 68.2 Å². The molecule has 0 atom stereocenters. The number of hydrogen-bond donors (Lipinski definition) is 2. The Morgan fingerprint density at radius 1 is 0.610 bits per heavy atom. The van der Waals surface area contributed by atoms with Gasteiger partial charge in [-0.15, -0.1) is 22.7 Å². The van der Waals surface area contributed by atoms with Crippen LogP contribution in [0.2, 0.25) is 20.1 Å². The normalized spacial score (nSPS) is 14.1. The highest BCUT2D eigenvalue weighted by molar-refractivity contribution is 9.11. The summed E-state index contributed by atoms with van der Waals surface area (Å²) >= 11 is 34.9. The lowest BCUT2D eigenvalue weighted by molar-refractivity contribution is -0.125. The fourth-order valence-electron chi connectivity index (χ4n) is 6.80. The van der Waals surface area contributed by atoms with Crippen molar-refractivity contribution in [2.24, 2.45) is 11.8 Å². The van der Waals surface area contributed by atoms with Crippen LogP contribution in [-0.2, 0) is 9.59 Å². The van der Waals surface area contributed by atoms with Gasteiger partial charge in [-0.2, -0.15) is 10.2 Å². The Bertz CT molecular complexity index is 2610. The number of nitrogens with zero attached hydrogens (tertiary/aromatic N) is 4. The van der Waals surface area contributed by atoms with E-state index in [1.165, 1.54) is 22.7 Å². The first-order valence-electron chi connectivity index (χ1n) is 18.5. The van der Waals surface area contributed by atoms with Gasteiger partial charge in [-0.1, -0.05) is 65.7 Å². The van der Waals surface area contributed by atoms with Gasteiger partial charge in [-0.25, -0.2) is 9.36 Å². The van der Waals surface area contributed by atoms with Crippen molar-refractivity contribution in [1.82, 2.24) is 30.2 Å². The molecule has 59 heavy (non-hydrogen) atoms. The van der Waals surface area contributed by atoms with Gasteiger partial charge in [0.25, 0.3) is 11.8 Å². The number of thiophene rings is 2. The second-order valence-corrected chi connectivity index (χ2v) is 20.7. The van der Waals surface area contributed by atoms with Crippen molar-refractivity contribution in [3.8, 4) is 32.5 Å². The van der Waals surface area contributed by atoms with Crippen LogP contribution in [0.4, 0.5) is 0 Å². The second-order valence-electron chi connectivity index (χ2n) is 14.1. The smallest absolute Gasteiger partial charge is 0.278 e. The minimum atomic E-state index is -0.505. The van der Waals surface area contributed by atoms with E-state index < -0.39 is 11.8 Å². The maximum Gasteiger partial charge on any atom is 0.278 e. The van der Waals surface area contributed by atoms with Crippen LogP contribution in [0.25, 0.3) is 32.5 Å². The monoisotopic (exact) mass is 1040 g/mol. The van der Waals surface area contributed by atoms with Gasteiger partial charge < -0.3 is 0 Å². The molecule has 2 N–H and O–H groups in total. The van der Waals surface area contributed by atoms with Crippen molar-refractivity contribution >= 4 is 125 Å². The van der Waals surface area contributed by atoms with E-state index in [0.717, 1.165) is 73.7 Å². The molecule has 8 rings (SSSR count). The minimum absolute atomic E-state index is 0.0650. The zero-order chi connectivity index (χ0) is 42.1. The number of imide groups is 2. The molecular formula is C41H34Br2Cl4N6O4S2. The molecule has 4 aromatic heterocycles. The minimum Gasteiger partial charge on any atom is -0.291 e. The van der Waals surface area contributed by atoms with Crippen molar-refractivity contribution in [1.29, 1.82) is 0 Å². The number of amides is 4. The molecule has 2 saturated carbocycles. The number of benzene rings is 2. The van der Waals surface area contributed by atoms with E-state index in [1.54, 1.807) is 45.8 Å². The number of halogens is 6. The zero-order valence-electron chi connectivity index (χ0n) is 31.4. The van der Waals surface area contributed by atoms with E-state index >= 15 is 0 Å². The highest BCUT2D eigenvalue weighted by Gasteiger charge is 2.33. The third kappa shape index (κ3) is 9.91. The molecule has 0 radical (unpaired) electrons. The molecular weight excluding hydrogens is 1010 g/mol. The zero-order valence-corrected chi connectivity index (χ0v) is 39.2. The van der Waals surface area contributed by atoms with Crippen LogP contribution in [0.3, 0.4) is 0 Å². The number of aromatic nitrogens is 4. The molecule has 18 heteroatoms. The van der Waals surface area contributed by atoms with Crippen molar-refractivity contribution in [2.45, 2.75) is 58.8 Å². The lowest BCUT2D eigenvalue weighted by Crippen LogP contribution is -2.37. The van der Waals surface area contributed by atoms with Crippen LogP contribution < -0.4 is 10.6 Å². The highest BCUT2D eigenvalue weighted by Crippen LogP contribution is 2.39. The van der Waals surface area contributed by atoms with E-state index in [0.29, 0.717) is 42.6 Å². The average molecular weight is 1040 g/mol. The third-order valence-electron chi connectivity index (χ3n) is 9.96. The second kappa shape index (κ2) is 18.7. The van der Waals surface area contributed by atoms with Crippen molar-refractivity contribution in [2.75, 3.05) is 0 Å². The maximum atomic E-state index is 13.0. The molecule has 4 amide bonds. The first-order valence-corrected chi connectivity index (χ1v) is 23.2. The van der Waals surface area contributed by atoms with Gasteiger partial charge in [0.05, 0.1) is 50.1 Å². The Labute approximate surface area is 384 Å². The van der Waals surface area contributed by atoms with Gasteiger partial charge >= 0.3 is 0 Å². The summed E-state index contributed by atoms with van der Waals surface area (Å²) in [5.41, 5.74) is 4.43. The molecule has 0 saturated heterocycles. The van der Waals surface area contributed by atoms with Crippen molar-refractivity contribution in [3.63, 3.8) is 0 Å². The summed E-state index contributed by atoms with van der Waals surface area (Å²) in [7, 11) is 0. The van der Waals surface area contributed by atoms with Crippen LogP contribution >= 0.6 is 101 Å². The summed E-state index contributed by atoms with van der Waals surface area (Å²) in [6, 6.07) is 18.0. The van der Waals surface area contributed by atoms with E-state index in [4.69, 9.17) is 46.4 Å². The SMILES string of the molecule is Cc1c(C(=O)NC(=O)C2CC2)nn(-c2ccc(Cl)cc2Cl)c1-c1ccc(Br)s1.Cc1c(C(=O)NC(=O)C2CCCCC2)nn(-c2ccc(Cl)cc2Cl)c1-c1ccc(Br)s1.